The van der Waals surface area contributed by atoms with Crippen LogP contribution in [0.15, 0.2) is 30.3 Å². The second-order valence-electron chi connectivity index (χ2n) is 10.7. The summed E-state index contributed by atoms with van der Waals surface area (Å²) in [5, 5.41) is 14.8. The van der Waals surface area contributed by atoms with Gasteiger partial charge >= 0.3 is 0 Å². The highest BCUT2D eigenvalue weighted by atomic mass is 19.1. The van der Waals surface area contributed by atoms with Crippen molar-refractivity contribution in [2.45, 2.75) is 46.4 Å². The van der Waals surface area contributed by atoms with Crippen molar-refractivity contribution >= 4 is 22.5 Å². The maximum Gasteiger partial charge on any atom is 0.254 e. The second kappa shape index (κ2) is 11.4. The van der Waals surface area contributed by atoms with Crippen molar-refractivity contribution in [2.24, 2.45) is 5.92 Å². The number of aryl methyl sites for hydroxylation is 1. The number of anilines is 1. The van der Waals surface area contributed by atoms with Crippen molar-refractivity contribution in [1.82, 2.24) is 14.4 Å². The Morgan fingerprint density at radius 2 is 1.89 bits per heavy atom. The van der Waals surface area contributed by atoms with Crippen LogP contribution in [-0.4, -0.2) is 71.8 Å². The molecule has 1 saturated heterocycles. The average Bonchev–Trinajstić information content (AvgIpc) is 3.70. The van der Waals surface area contributed by atoms with Gasteiger partial charge in [0.05, 0.1) is 24.4 Å². The smallest absolute Gasteiger partial charge is 0.254 e. The zero-order valence-electron chi connectivity index (χ0n) is 22.7. The molecule has 2 aromatic carbocycles. The number of aliphatic hydroxyl groups is 1. The van der Waals surface area contributed by atoms with E-state index in [1.54, 1.807) is 19.2 Å². The number of halogens is 1. The summed E-state index contributed by atoms with van der Waals surface area (Å²) in [6, 6.07) is 8.76. The average molecular weight is 523 g/mol. The zero-order chi connectivity index (χ0) is 26.8. The number of nitrogens with one attached hydrogen (secondary N) is 1. The monoisotopic (exact) mass is 522 g/mol. The first kappa shape index (κ1) is 26.7. The van der Waals surface area contributed by atoms with Gasteiger partial charge in [-0.15, -0.1) is 0 Å². The number of carbonyl (C=O) groups is 1. The number of carbonyl (C=O) groups excluding carboxylic acids is 1. The van der Waals surface area contributed by atoms with E-state index in [0.717, 1.165) is 65.2 Å². The van der Waals surface area contributed by atoms with Crippen LogP contribution in [0.1, 0.15) is 45.6 Å². The van der Waals surface area contributed by atoms with Crippen LogP contribution in [0.2, 0.25) is 0 Å². The maximum atomic E-state index is 13.7. The standard InChI is InChI=1S/C30H39FN4O3/c1-20-14-25(31)7-6-23(20)17-32-28-16-24(30(37)34-10-8-33(9-11-34)12-13-38-3)15-26-27(19-36)21(2)35(29(26)28)18-22-4-5-22/h6-7,14-16,22,32,36H,4-5,8-13,17-19H2,1-3H3. The van der Waals surface area contributed by atoms with Gasteiger partial charge in [0.2, 0.25) is 0 Å². The first-order valence-corrected chi connectivity index (χ1v) is 13.7. The number of fused-ring (bicyclic) bond motifs is 1. The van der Waals surface area contributed by atoms with E-state index < -0.39 is 0 Å². The lowest BCUT2D eigenvalue weighted by molar-refractivity contribution is 0.0594. The predicted molar refractivity (Wildman–Crippen MR) is 148 cm³/mol. The summed E-state index contributed by atoms with van der Waals surface area (Å²) in [5.74, 6) is 0.416. The summed E-state index contributed by atoms with van der Waals surface area (Å²) in [6.45, 7) is 9.86. The number of hydrogen-bond acceptors (Lipinski definition) is 5. The van der Waals surface area contributed by atoms with Crippen LogP contribution < -0.4 is 5.32 Å². The van der Waals surface area contributed by atoms with Crippen molar-refractivity contribution in [3.05, 3.63) is 64.1 Å². The van der Waals surface area contributed by atoms with Crippen molar-refractivity contribution < 1.29 is 19.0 Å². The van der Waals surface area contributed by atoms with Crippen LogP contribution >= 0.6 is 0 Å². The third-order valence-electron chi connectivity index (χ3n) is 8.13. The Morgan fingerprint density at radius 1 is 1.13 bits per heavy atom. The highest BCUT2D eigenvalue weighted by Crippen LogP contribution is 2.38. The number of rotatable bonds is 10. The summed E-state index contributed by atoms with van der Waals surface area (Å²) in [5.41, 5.74) is 6.33. The van der Waals surface area contributed by atoms with Gasteiger partial charge in [-0.25, -0.2) is 4.39 Å². The summed E-state index contributed by atoms with van der Waals surface area (Å²) in [7, 11) is 1.71. The second-order valence-corrected chi connectivity index (χ2v) is 10.7. The number of aliphatic hydroxyl groups excluding tert-OH is 1. The van der Waals surface area contributed by atoms with Gasteiger partial charge in [0, 0.05) is 75.1 Å². The quantitative estimate of drug-likeness (QED) is 0.415. The van der Waals surface area contributed by atoms with Crippen LogP contribution in [0.4, 0.5) is 10.1 Å². The van der Waals surface area contributed by atoms with E-state index in [2.05, 4.69) is 21.7 Å². The number of amides is 1. The van der Waals surface area contributed by atoms with Gasteiger partial charge < -0.3 is 24.6 Å². The maximum absolute atomic E-state index is 13.7. The Balaban J connectivity index is 1.49. The molecule has 3 aromatic rings. The van der Waals surface area contributed by atoms with Crippen LogP contribution in [0, 0.1) is 25.6 Å². The fraction of sp³-hybridized carbons (Fsp3) is 0.500. The third kappa shape index (κ3) is 5.58. The summed E-state index contributed by atoms with van der Waals surface area (Å²) < 4.78 is 21.2. The molecule has 204 valence electrons. The molecule has 1 saturated carbocycles. The lowest BCUT2D eigenvalue weighted by atomic mass is 10.0. The van der Waals surface area contributed by atoms with E-state index in [4.69, 9.17) is 4.74 Å². The molecule has 8 heteroatoms. The minimum Gasteiger partial charge on any atom is -0.392 e. The molecule has 2 heterocycles. The molecule has 0 unspecified atom stereocenters. The van der Waals surface area contributed by atoms with Gasteiger partial charge in [-0.05, 0) is 68.0 Å². The fourth-order valence-electron chi connectivity index (χ4n) is 5.55. The highest BCUT2D eigenvalue weighted by Gasteiger charge is 2.28. The Kier molecular flexibility index (Phi) is 8.02. The minimum atomic E-state index is -0.245. The van der Waals surface area contributed by atoms with Crippen LogP contribution in [-0.2, 0) is 24.4 Å². The van der Waals surface area contributed by atoms with Gasteiger partial charge in [0.15, 0.2) is 0 Å². The van der Waals surface area contributed by atoms with Gasteiger partial charge in [-0.2, -0.15) is 0 Å². The molecule has 2 N–H and O–H groups in total. The number of piperazine rings is 1. The Bertz CT molecular complexity index is 1310. The number of aromatic nitrogens is 1. The molecule has 0 radical (unpaired) electrons. The van der Waals surface area contributed by atoms with E-state index in [1.165, 1.54) is 18.9 Å². The van der Waals surface area contributed by atoms with Gasteiger partial charge in [0.1, 0.15) is 5.82 Å². The van der Waals surface area contributed by atoms with Gasteiger partial charge in [-0.3, -0.25) is 9.69 Å². The number of benzene rings is 2. The third-order valence-corrected chi connectivity index (χ3v) is 8.13. The molecule has 2 fully saturated rings. The van der Waals surface area contributed by atoms with Gasteiger partial charge in [0.25, 0.3) is 5.91 Å². The van der Waals surface area contributed by atoms with Crippen LogP contribution in [0.3, 0.4) is 0 Å². The predicted octanol–water partition coefficient (Wildman–Crippen LogP) is 4.32. The van der Waals surface area contributed by atoms with Crippen LogP contribution in [0.25, 0.3) is 10.9 Å². The molecule has 7 nitrogen and oxygen atoms in total. The van der Waals surface area contributed by atoms with Crippen molar-refractivity contribution in [2.75, 3.05) is 51.8 Å². The minimum absolute atomic E-state index is 0.00999. The Morgan fingerprint density at radius 3 is 2.55 bits per heavy atom. The molecule has 0 atom stereocenters. The van der Waals surface area contributed by atoms with E-state index in [1.807, 2.05) is 24.0 Å². The lowest BCUT2D eigenvalue weighted by Crippen LogP contribution is -2.49. The molecular weight excluding hydrogens is 483 g/mol. The first-order valence-electron chi connectivity index (χ1n) is 13.7. The lowest BCUT2D eigenvalue weighted by Gasteiger charge is -2.34. The number of nitrogens with zero attached hydrogens (tertiary/aromatic N) is 3. The molecular formula is C30H39FN4O3. The fourth-order valence-corrected chi connectivity index (χ4v) is 5.55. The molecule has 1 aliphatic heterocycles. The van der Waals surface area contributed by atoms with Crippen molar-refractivity contribution in [1.29, 1.82) is 0 Å². The first-order chi connectivity index (χ1) is 18.4. The topological polar surface area (TPSA) is 70.0 Å². The van der Waals surface area contributed by atoms with E-state index in [-0.39, 0.29) is 18.3 Å². The zero-order valence-corrected chi connectivity index (χ0v) is 22.7. The van der Waals surface area contributed by atoms with Crippen LogP contribution in [0.5, 0.6) is 0 Å². The largest absolute Gasteiger partial charge is 0.392 e. The normalized spacial score (nSPS) is 16.4. The summed E-state index contributed by atoms with van der Waals surface area (Å²) >= 11 is 0. The summed E-state index contributed by atoms with van der Waals surface area (Å²) in [4.78, 5) is 17.9. The van der Waals surface area contributed by atoms with Crippen molar-refractivity contribution in [3.8, 4) is 0 Å². The molecule has 1 aliphatic carbocycles. The molecule has 1 aromatic heterocycles. The summed E-state index contributed by atoms with van der Waals surface area (Å²) in [6.07, 6.45) is 2.44. The number of hydrogen-bond donors (Lipinski definition) is 2. The molecule has 0 spiro atoms. The van der Waals surface area contributed by atoms with E-state index in [0.29, 0.717) is 37.7 Å². The SMILES string of the molecule is COCCN1CCN(C(=O)c2cc(NCc3ccc(F)cc3C)c3c(c2)c(CO)c(C)n3CC2CC2)CC1. The Labute approximate surface area is 224 Å². The number of ether oxygens (including phenoxy) is 1. The molecule has 1 amide bonds. The van der Waals surface area contributed by atoms with Gasteiger partial charge in [-0.1, -0.05) is 6.07 Å². The molecule has 0 bridgehead atoms. The van der Waals surface area contributed by atoms with Crippen molar-refractivity contribution in [3.63, 3.8) is 0 Å². The van der Waals surface area contributed by atoms with E-state index >= 15 is 0 Å². The number of methoxy groups -OCH3 is 1. The molecule has 5 rings (SSSR count). The molecule has 38 heavy (non-hydrogen) atoms. The van der Waals surface area contributed by atoms with E-state index in [9.17, 15) is 14.3 Å². The highest BCUT2D eigenvalue weighted by molar-refractivity contribution is 6.04. The Hall–Kier alpha value is -2.94. The molecule has 2 aliphatic rings.